The molecule has 0 saturated heterocycles. The highest BCUT2D eigenvalue weighted by atomic mass is 79.9. The molecule has 1 atom stereocenters. The molecule has 156 valence electrons. The Bertz CT molecular complexity index is 1050. The van der Waals surface area contributed by atoms with Gasteiger partial charge in [0.05, 0.1) is 22.9 Å². The summed E-state index contributed by atoms with van der Waals surface area (Å²) in [7, 11) is 0. The molecule has 2 N–H and O–H groups in total. The summed E-state index contributed by atoms with van der Waals surface area (Å²) in [6.07, 6.45) is 0.968. The second kappa shape index (κ2) is 9.64. The van der Waals surface area contributed by atoms with Crippen LogP contribution in [0.5, 0.6) is 0 Å². The average Bonchev–Trinajstić information content (AvgIpc) is 3.12. The van der Waals surface area contributed by atoms with Crippen LogP contribution in [0.4, 0.5) is 5.13 Å². The molecule has 0 aliphatic carbocycles. The van der Waals surface area contributed by atoms with Gasteiger partial charge in [0, 0.05) is 21.4 Å². The Morgan fingerprint density at radius 1 is 1.23 bits per heavy atom. The van der Waals surface area contributed by atoms with Crippen LogP contribution in [0.3, 0.4) is 0 Å². The third-order valence-corrected chi connectivity index (χ3v) is 8.29. The molecule has 0 spiro atoms. The van der Waals surface area contributed by atoms with E-state index in [1.54, 1.807) is 28.0 Å². The minimum Gasteiger partial charge on any atom is -0.326 e. The molecule has 1 aromatic heterocycles. The molecule has 4 nitrogen and oxygen atoms in total. The number of nitrogens with one attached hydrogen (secondary N) is 2. The first-order valence-corrected chi connectivity index (χ1v) is 12.6. The fourth-order valence-corrected chi connectivity index (χ4v) is 6.08. The number of fused-ring (bicyclic) bond motifs is 1. The van der Waals surface area contributed by atoms with Crippen molar-refractivity contribution in [2.75, 3.05) is 17.6 Å². The molecule has 1 amide bonds. The van der Waals surface area contributed by atoms with Gasteiger partial charge >= 0.3 is 0 Å². The molecule has 0 saturated carbocycles. The van der Waals surface area contributed by atoms with Crippen LogP contribution in [-0.4, -0.2) is 23.2 Å². The molecule has 1 aliphatic rings. The lowest BCUT2D eigenvalue weighted by molar-refractivity contribution is -0.929. The summed E-state index contributed by atoms with van der Waals surface area (Å²) >= 11 is 6.76. The van der Waals surface area contributed by atoms with Gasteiger partial charge in [-0.3, -0.25) is 4.79 Å². The van der Waals surface area contributed by atoms with E-state index in [2.05, 4.69) is 82.5 Å². The van der Waals surface area contributed by atoms with Crippen molar-refractivity contribution in [1.82, 2.24) is 4.98 Å². The third-order valence-electron chi connectivity index (χ3n) is 5.26. The first-order valence-electron chi connectivity index (χ1n) is 10.0. The summed E-state index contributed by atoms with van der Waals surface area (Å²) < 4.78 is 1.10. The van der Waals surface area contributed by atoms with Crippen LogP contribution in [0, 0.1) is 13.8 Å². The highest BCUT2D eigenvalue weighted by molar-refractivity contribution is 9.10. The van der Waals surface area contributed by atoms with Crippen molar-refractivity contribution in [1.29, 1.82) is 0 Å². The van der Waals surface area contributed by atoms with E-state index < -0.39 is 0 Å². The number of quaternary nitrogens is 1. The van der Waals surface area contributed by atoms with Gasteiger partial charge in [0.25, 0.3) is 0 Å². The number of thiazole rings is 1. The number of carbonyl (C=O) groups excluding carboxylic acids is 1. The van der Waals surface area contributed by atoms with Crippen LogP contribution >= 0.6 is 39.0 Å². The molecular weight excluding hydrogens is 478 g/mol. The highest BCUT2D eigenvalue weighted by Crippen LogP contribution is 2.29. The van der Waals surface area contributed by atoms with Gasteiger partial charge in [-0.1, -0.05) is 57.6 Å². The normalized spacial score (nSPS) is 15.6. The number of rotatable bonds is 6. The highest BCUT2D eigenvalue weighted by Gasteiger charge is 2.24. The molecule has 3 aromatic rings. The molecule has 0 bridgehead atoms. The van der Waals surface area contributed by atoms with E-state index >= 15 is 0 Å². The lowest BCUT2D eigenvalue weighted by Gasteiger charge is -2.22. The van der Waals surface area contributed by atoms with E-state index in [4.69, 9.17) is 0 Å². The Kier molecular flexibility index (Phi) is 6.93. The van der Waals surface area contributed by atoms with Crippen molar-refractivity contribution < 1.29 is 9.69 Å². The van der Waals surface area contributed by atoms with Gasteiger partial charge in [0.15, 0.2) is 5.13 Å². The molecule has 2 heterocycles. The van der Waals surface area contributed by atoms with E-state index in [1.807, 2.05) is 0 Å². The first-order chi connectivity index (χ1) is 14.5. The van der Waals surface area contributed by atoms with Gasteiger partial charge in [0.2, 0.25) is 5.91 Å². The Morgan fingerprint density at radius 2 is 2.03 bits per heavy atom. The average molecular weight is 504 g/mol. The minimum absolute atomic E-state index is 0.000410. The summed E-state index contributed by atoms with van der Waals surface area (Å²) in [5, 5.41) is 3.74. The van der Waals surface area contributed by atoms with Crippen LogP contribution in [-0.2, 0) is 24.3 Å². The summed E-state index contributed by atoms with van der Waals surface area (Å²) in [6, 6.07) is 14.9. The summed E-state index contributed by atoms with van der Waals surface area (Å²) in [5.41, 5.74) is 4.87. The van der Waals surface area contributed by atoms with Gasteiger partial charge in [-0.25, -0.2) is 4.98 Å². The largest absolute Gasteiger partial charge is 0.326 e. The predicted molar refractivity (Wildman–Crippen MR) is 128 cm³/mol. The maximum absolute atomic E-state index is 12.5. The summed E-state index contributed by atoms with van der Waals surface area (Å²) in [4.78, 5) is 21.2. The number of nitrogens with zero attached hydrogens (tertiary/aromatic N) is 1. The number of aryl methyl sites for hydroxylation is 2. The SMILES string of the molecule is Cc1cc(SCC(=O)Nc2nc3c(s2)C[NH+](Cc2ccccc2)CC3)c(C)cc1Br. The number of halogens is 1. The molecular formula is C23H25BrN3OS2+. The van der Waals surface area contributed by atoms with Crippen molar-refractivity contribution >= 4 is 50.1 Å². The number of benzene rings is 2. The second-order valence-corrected chi connectivity index (χ2v) is 10.6. The monoisotopic (exact) mass is 502 g/mol. The quantitative estimate of drug-likeness (QED) is 0.491. The van der Waals surface area contributed by atoms with Crippen LogP contribution in [0.15, 0.2) is 51.8 Å². The van der Waals surface area contributed by atoms with Crippen molar-refractivity contribution in [3.63, 3.8) is 0 Å². The van der Waals surface area contributed by atoms with Gasteiger partial charge in [-0.2, -0.15) is 0 Å². The molecule has 1 unspecified atom stereocenters. The maximum Gasteiger partial charge on any atom is 0.236 e. The molecule has 0 radical (unpaired) electrons. The van der Waals surface area contributed by atoms with Crippen LogP contribution in [0.1, 0.15) is 27.3 Å². The van der Waals surface area contributed by atoms with Crippen molar-refractivity contribution in [3.05, 3.63) is 74.2 Å². The van der Waals surface area contributed by atoms with Gasteiger partial charge in [-0.15, -0.1) is 11.8 Å². The first kappa shape index (κ1) is 21.6. The Balaban J connectivity index is 1.33. The standard InChI is InChI=1S/C23H24BrN3OS2/c1-15-11-20(16(2)10-18(15)24)29-14-22(28)26-23-25-19-8-9-27(13-21(19)30-23)12-17-6-4-3-5-7-17/h3-7,10-11H,8-9,12-14H2,1-2H3,(H,25,26,28)/p+1. The van der Waals surface area contributed by atoms with E-state index in [-0.39, 0.29) is 5.91 Å². The summed E-state index contributed by atoms with van der Waals surface area (Å²) in [5.74, 6) is 0.386. The third kappa shape index (κ3) is 5.32. The van der Waals surface area contributed by atoms with Gasteiger partial charge in [-0.05, 0) is 37.1 Å². The van der Waals surface area contributed by atoms with Crippen LogP contribution in [0.25, 0.3) is 0 Å². The van der Waals surface area contributed by atoms with Gasteiger partial charge < -0.3 is 10.2 Å². The Hall–Kier alpha value is -1.67. The van der Waals surface area contributed by atoms with Crippen LogP contribution in [0.2, 0.25) is 0 Å². The van der Waals surface area contributed by atoms with Crippen molar-refractivity contribution in [2.24, 2.45) is 0 Å². The van der Waals surface area contributed by atoms with E-state index in [0.29, 0.717) is 5.75 Å². The molecule has 1 aliphatic heterocycles. The van der Waals surface area contributed by atoms with Crippen molar-refractivity contribution in [3.8, 4) is 0 Å². The Morgan fingerprint density at radius 3 is 2.83 bits per heavy atom. The smallest absolute Gasteiger partial charge is 0.236 e. The number of hydrogen-bond acceptors (Lipinski definition) is 4. The van der Waals surface area contributed by atoms with E-state index in [0.717, 1.165) is 46.2 Å². The fraction of sp³-hybridized carbons (Fsp3) is 0.304. The van der Waals surface area contributed by atoms with Crippen molar-refractivity contribution in [2.45, 2.75) is 38.3 Å². The molecule has 0 fully saturated rings. The number of aromatic nitrogens is 1. The zero-order valence-electron chi connectivity index (χ0n) is 17.1. The molecule has 4 rings (SSSR count). The van der Waals surface area contributed by atoms with E-state index in [1.165, 1.54) is 21.6 Å². The maximum atomic E-state index is 12.5. The number of hydrogen-bond donors (Lipinski definition) is 2. The topological polar surface area (TPSA) is 46.4 Å². The lowest BCUT2D eigenvalue weighted by atomic mass is 10.1. The Labute approximate surface area is 194 Å². The molecule has 7 heteroatoms. The molecule has 30 heavy (non-hydrogen) atoms. The number of amides is 1. The number of thioether (sulfide) groups is 1. The fourth-order valence-electron chi connectivity index (χ4n) is 3.62. The second-order valence-electron chi connectivity index (χ2n) is 7.68. The zero-order chi connectivity index (χ0) is 21.1. The minimum atomic E-state index is -0.000410. The summed E-state index contributed by atoms with van der Waals surface area (Å²) in [6.45, 7) is 7.23. The molecule has 2 aromatic carbocycles. The lowest BCUT2D eigenvalue weighted by Crippen LogP contribution is -3.10. The van der Waals surface area contributed by atoms with Gasteiger partial charge in [0.1, 0.15) is 13.1 Å². The van der Waals surface area contributed by atoms with Crippen LogP contribution < -0.4 is 10.2 Å². The number of carbonyl (C=O) groups is 1. The van der Waals surface area contributed by atoms with E-state index in [9.17, 15) is 4.79 Å². The number of anilines is 1. The zero-order valence-corrected chi connectivity index (χ0v) is 20.3. The predicted octanol–water partition coefficient (Wildman–Crippen LogP) is 4.39.